The average molecular weight is 1320 g/mol. The number of ether oxygens (including phenoxy) is 6. The number of allylic oxidation sites excluding steroid dienone is 5. The Hall–Kier alpha value is -5.73. The molecule has 6 bridgehead atoms. The van der Waals surface area contributed by atoms with Gasteiger partial charge in [0.2, 0.25) is 27.6 Å². The molecule has 2 aromatic carbocycles. The van der Waals surface area contributed by atoms with Crippen molar-refractivity contribution in [1.82, 2.24) is 19.8 Å². The molecule has 0 spiro atoms. The summed E-state index contributed by atoms with van der Waals surface area (Å²) in [5.74, 6) is -9.76. The van der Waals surface area contributed by atoms with Crippen LogP contribution in [-0.4, -0.2) is 195 Å². The molecule has 22 nitrogen and oxygen atoms in total. The number of amides is 3. The molecule has 516 valence electrons. The number of carbonyl (C=O) groups excluding carboxylic acids is 6. The zero-order chi connectivity index (χ0) is 67.9. The van der Waals surface area contributed by atoms with Crippen LogP contribution in [0.4, 0.5) is 0 Å². The Morgan fingerprint density at radius 2 is 1.53 bits per heavy atom. The first-order chi connectivity index (χ1) is 44.2. The van der Waals surface area contributed by atoms with Gasteiger partial charge in [-0.05, 0) is 131 Å². The highest BCUT2D eigenvalue weighted by Gasteiger charge is 2.58. The topological polar surface area (TPSA) is 303 Å². The number of nitrogens with one attached hydrogen (secondary N) is 2. The van der Waals surface area contributed by atoms with Crippen LogP contribution in [-0.2, 0) is 68.9 Å². The van der Waals surface area contributed by atoms with Crippen LogP contribution in [0, 0.1) is 41.4 Å². The first kappa shape index (κ1) is 74.7. The third kappa shape index (κ3) is 19.3. The van der Waals surface area contributed by atoms with E-state index >= 15 is 0 Å². The largest absolute Gasteiger partial charge is 0.497 e. The molecule has 5 aliphatic heterocycles. The zero-order valence-corrected chi connectivity index (χ0v) is 56.7. The van der Waals surface area contributed by atoms with E-state index in [0.717, 1.165) is 11.1 Å². The summed E-state index contributed by atoms with van der Waals surface area (Å²) in [7, 11) is 1.95. The number of fused-ring (bicyclic) bond motifs is 11. The molecule has 8 rings (SSSR count). The van der Waals surface area contributed by atoms with E-state index in [1.54, 1.807) is 32.1 Å². The van der Waals surface area contributed by atoms with Crippen molar-refractivity contribution in [2.75, 3.05) is 54.6 Å². The fourth-order valence-electron chi connectivity index (χ4n) is 14.1. The molecular formula is C70H102N4O18S. The lowest BCUT2D eigenvalue weighted by Crippen LogP contribution is -2.66. The summed E-state index contributed by atoms with van der Waals surface area (Å²) in [6, 6.07) is 13.1. The molecule has 2 aromatic rings. The van der Waals surface area contributed by atoms with E-state index in [1.807, 2.05) is 76.3 Å². The molecule has 5 heterocycles. The lowest BCUT2D eigenvalue weighted by molar-refractivity contribution is -0.302. The lowest BCUT2D eigenvalue weighted by Gasteiger charge is -2.49. The number of aliphatic hydroxyl groups is 4. The quantitative estimate of drug-likeness (QED) is 0.0425. The van der Waals surface area contributed by atoms with Gasteiger partial charge in [0.05, 0.1) is 54.7 Å². The predicted octanol–water partition coefficient (Wildman–Crippen LogP) is 5.96. The summed E-state index contributed by atoms with van der Waals surface area (Å²) >= 11 is 0. The van der Waals surface area contributed by atoms with E-state index in [4.69, 9.17) is 28.4 Å². The van der Waals surface area contributed by atoms with Gasteiger partial charge in [-0.15, -0.1) is 0 Å². The van der Waals surface area contributed by atoms with Crippen LogP contribution in [0.5, 0.6) is 5.75 Å². The number of piperidine rings is 1. The lowest BCUT2D eigenvalue weighted by atomic mass is 9.72. The summed E-state index contributed by atoms with van der Waals surface area (Å²) in [6.45, 7) is 10.8. The molecule has 3 saturated heterocycles. The fourth-order valence-corrected chi connectivity index (χ4v) is 15.7. The molecule has 93 heavy (non-hydrogen) atoms. The predicted molar refractivity (Wildman–Crippen MR) is 346 cm³/mol. The number of carbonyl (C=O) groups is 6. The number of Topliss-reactive ketones (excluding diaryl/α,β-unsaturated/α-hetero) is 2. The van der Waals surface area contributed by atoms with E-state index in [9.17, 15) is 57.6 Å². The minimum absolute atomic E-state index is 0.0176. The van der Waals surface area contributed by atoms with Gasteiger partial charge in [-0.25, -0.2) is 13.2 Å². The van der Waals surface area contributed by atoms with E-state index in [1.165, 1.54) is 49.8 Å². The molecule has 6 N–H and O–H groups in total. The number of hydrogen-bond donors (Lipinski definition) is 6. The number of esters is 1. The number of hydrogen-bond acceptors (Lipinski definition) is 18. The van der Waals surface area contributed by atoms with Crippen LogP contribution in [0.1, 0.15) is 131 Å². The minimum atomic E-state index is -4.07. The van der Waals surface area contributed by atoms with Crippen LogP contribution in [0.3, 0.4) is 0 Å². The molecule has 3 amide bonds. The van der Waals surface area contributed by atoms with Gasteiger partial charge in [0.15, 0.2) is 0 Å². The summed E-state index contributed by atoms with van der Waals surface area (Å²) in [5.41, 5.74) is 2.31. The van der Waals surface area contributed by atoms with Crippen molar-refractivity contribution in [2.24, 2.45) is 41.4 Å². The molecule has 1 unspecified atom stereocenters. The molecule has 17 atom stereocenters. The highest BCUT2D eigenvalue weighted by Crippen LogP contribution is 2.45. The number of aliphatic hydroxyl groups excluding tert-OH is 3. The highest BCUT2D eigenvalue weighted by molar-refractivity contribution is 7.89. The maximum absolute atomic E-state index is 14.7. The van der Waals surface area contributed by atoms with Crippen LogP contribution >= 0.6 is 0 Å². The Morgan fingerprint density at radius 1 is 0.839 bits per heavy atom. The maximum atomic E-state index is 14.7. The fraction of sp³-hybridized carbons (Fsp3) is 0.657. The average Bonchev–Trinajstić information content (AvgIpc) is 0.819. The van der Waals surface area contributed by atoms with Crippen molar-refractivity contribution in [3.05, 3.63) is 95.6 Å². The Bertz CT molecular complexity index is 3050. The first-order valence-electron chi connectivity index (χ1n) is 33.1. The molecule has 23 heteroatoms. The van der Waals surface area contributed by atoms with Crippen LogP contribution in [0.2, 0.25) is 0 Å². The van der Waals surface area contributed by atoms with Crippen molar-refractivity contribution < 1.29 is 86.0 Å². The Balaban J connectivity index is 1.06. The normalized spacial score (nSPS) is 32.0. The summed E-state index contributed by atoms with van der Waals surface area (Å²) < 4.78 is 64.6. The smallest absolute Gasteiger partial charge is 0.330 e. The third-order valence-electron chi connectivity index (χ3n) is 19.3. The van der Waals surface area contributed by atoms with Crippen molar-refractivity contribution in [3.8, 4) is 5.75 Å². The Kier molecular flexibility index (Phi) is 27.5. The minimum Gasteiger partial charge on any atom is -0.497 e. The van der Waals surface area contributed by atoms with Gasteiger partial charge < -0.3 is 64.4 Å². The van der Waals surface area contributed by atoms with Crippen molar-refractivity contribution in [3.63, 3.8) is 0 Å². The van der Waals surface area contributed by atoms with Crippen LogP contribution in [0.25, 0.3) is 0 Å². The molecule has 6 aliphatic rings. The van der Waals surface area contributed by atoms with Gasteiger partial charge in [0.25, 0.3) is 11.7 Å². The number of nitrogens with zero attached hydrogens (tertiary/aromatic N) is 2. The molecule has 4 fully saturated rings. The first-order valence-corrected chi connectivity index (χ1v) is 34.6. The van der Waals surface area contributed by atoms with Gasteiger partial charge in [0, 0.05) is 90.4 Å². The van der Waals surface area contributed by atoms with Crippen molar-refractivity contribution in [2.45, 2.75) is 203 Å². The highest BCUT2D eigenvalue weighted by atomic mass is 32.2. The molecular weight excluding hydrogens is 1220 g/mol. The van der Waals surface area contributed by atoms with Crippen molar-refractivity contribution >= 4 is 45.3 Å². The molecule has 0 radical (unpaired) electrons. The third-order valence-corrected chi connectivity index (χ3v) is 21.2. The van der Waals surface area contributed by atoms with Gasteiger partial charge in [-0.3, -0.25) is 24.0 Å². The number of rotatable bonds is 23. The number of methoxy groups -OCH3 is 4. The van der Waals surface area contributed by atoms with Gasteiger partial charge in [-0.2, -0.15) is 4.31 Å². The second-order valence-corrected chi connectivity index (χ2v) is 28.8. The second-order valence-electron chi connectivity index (χ2n) is 26.9. The van der Waals surface area contributed by atoms with E-state index < -0.39 is 124 Å². The number of benzene rings is 2. The maximum Gasteiger partial charge on any atom is 0.330 e. The molecule has 0 aromatic heterocycles. The summed E-state index contributed by atoms with van der Waals surface area (Å²) in [4.78, 5) is 86.6. The van der Waals surface area contributed by atoms with E-state index in [-0.39, 0.29) is 105 Å². The molecule has 1 saturated carbocycles. The van der Waals surface area contributed by atoms with E-state index in [0.29, 0.717) is 56.3 Å². The molecule has 1 aliphatic carbocycles. The zero-order valence-electron chi connectivity index (χ0n) is 55.9. The standard InChI is InChI=1S/C70H102N4O18S/c1-42(2)40-73(93(85,86)51-26-24-50(87-7)25-27-51)41-58(78)54(37-47-18-13-11-14-19-47)72-63(80)29-30-71-62(79)22-16-12-15-20-49-33-43(3)32-44(4)34-60(89-9)66-61(90-10)35-45(5)70(84,92-66)67(81)68(82)74-31-17-21-52-53(36-48-23-28-55(75)59(38-48)88-8)65(91-69(83)64(52)74)46(6)56(76)39-57(49)77/h11-15,18-19,24-27,33,36,42,44-46,48-49,52,54-56,58-61,64-66,75-76,78,84H,16-17,20-23,28-32,34-35,37-41H2,1-10H3,(H,71,79)(H,72,80)/b15-12+,43-33+,53-36+/t44-,45+,46+,48-,49+,52?,54+,55+,56-,58-,59+,60-,61-,64-,65-,66+,70+/m0/s1. The van der Waals surface area contributed by atoms with Gasteiger partial charge >= 0.3 is 5.97 Å². The monoisotopic (exact) mass is 1320 g/mol. The Morgan fingerprint density at radius 3 is 2.19 bits per heavy atom. The summed E-state index contributed by atoms with van der Waals surface area (Å²) in [6.07, 6.45) is 3.93. The number of ketones is 2. The second kappa shape index (κ2) is 34.3. The van der Waals surface area contributed by atoms with Crippen LogP contribution in [0.15, 0.2) is 94.9 Å². The summed E-state index contributed by atoms with van der Waals surface area (Å²) in [5, 5.41) is 52.7. The van der Waals surface area contributed by atoms with Gasteiger partial charge in [0.1, 0.15) is 29.8 Å². The number of sulfonamides is 1. The van der Waals surface area contributed by atoms with Crippen molar-refractivity contribution in [1.29, 1.82) is 0 Å². The van der Waals surface area contributed by atoms with Gasteiger partial charge in [-0.1, -0.05) is 94.8 Å². The SMILES string of the molecule is COc1ccc(S(=O)(=O)N(CC(C)C)C[C@H](O)[C@@H](Cc2ccccc2)NC(=O)CCNC(=O)CC/C=C/C[C@@H]2/C=C(\C)C[C@H](C)C[C@H](OC)[C@H]3O[C@@](O)(C(=O)C(=O)N4CCCC5/C(=C\[C@@H]6CC[C@@H](O)[C@H](OC)C6)[C@@H](OC(=O)[C@H]54)[C@H](C)[C@@H](O)CC2=O)[C@H](C)C[C@@H]3OC)cc1. The van der Waals surface area contributed by atoms with Crippen LogP contribution < -0.4 is 15.4 Å². The Labute approximate surface area is 549 Å². The van der Waals surface area contributed by atoms with E-state index in [2.05, 4.69) is 10.6 Å².